The maximum atomic E-state index is 11.9. The van der Waals surface area contributed by atoms with Gasteiger partial charge in [0.15, 0.2) is 0 Å². The number of hydrogen-bond donors (Lipinski definition) is 3. The summed E-state index contributed by atoms with van der Waals surface area (Å²) in [4.78, 5) is 25.9. The summed E-state index contributed by atoms with van der Waals surface area (Å²) in [6.07, 6.45) is 4.21. The number of carbonyl (C=O) groups excluding carboxylic acids is 2. The molecule has 24 heavy (non-hydrogen) atoms. The van der Waals surface area contributed by atoms with Gasteiger partial charge >= 0.3 is 11.8 Å². The van der Waals surface area contributed by atoms with Crippen molar-refractivity contribution in [2.75, 3.05) is 25.0 Å². The first-order valence-electron chi connectivity index (χ1n) is 8.65. The largest absolute Gasteiger partial charge is 0.387 e. The zero-order valence-electron chi connectivity index (χ0n) is 14.0. The number of carbonyl (C=O) groups is 2. The fourth-order valence-corrected chi connectivity index (χ4v) is 3.50. The van der Waals surface area contributed by atoms with Crippen LogP contribution in [-0.2, 0) is 16.0 Å². The average Bonchev–Trinajstić information content (AvgIpc) is 3.22. The molecule has 0 aromatic heterocycles. The van der Waals surface area contributed by atoms with Crippen molar-refractivity contribution in [3.05, 3.63) is 29.3 Å². The van der Waals surface area contributed by atoms with Gasteiger partial charge in [0.1, 0.15) is 0 Å². The predicted octanol–water partition coefficient (Wildman–Crippen LogP) is 0.887. The molecule has 1 aromatic carbocycles. The average molecular weight is 331 g/mol. The first kappa shape index (κ1) is 16.8. The Labute approximate surface area is 142 Å². The normalized spacial score (nSPS) is 18.3. The molecule has 1 aliphatic heterocycles. The molecule has 3 rings (SSSR count). The molecule has 2 aliphatic rings. The second kappa shape index (κ2) is 7.21. The Hall–Kier alpha value is -2.08. The summed E-state index contributed by atoms with van der Waals surface area (Å²) in [7, 11) is 2.05. The van der Waals surface area contributed by atoms with Gasteiger partial charge in [-0.15, -0.1) is 0 Å². The molecule has 0 unspecified atom stereocenters. The van der Waals surface area contributed by atoms with Crippen molar-refractivity contribution < 1.29 is 14.7 Å². The minimum atomic E-state index is -0.815. The number of fused-ring (bicyclic) bond motifs is 1. The lowest BCUT2D eigenvalue weighted by Gasteiger charge is -2.16. The van der Waals surface area contributed by atoms with E-state index in [1.165, 1.54) is 11.3 Å². The molecule has 1 atom stereocenters. The lowest BCUT2D eigenvalue weighted by atomic mass is 10.0. The van der Waals surface area contributed by atoms with Crippen molar-refractivity contribution >= 4 is 17.5 Å². The number of benzene rings is 1. The highest BCUT2D eigenvalue weighted by molar-refractivity contribution is 6.35. The van der Waals surface area contributed by atoms with Gasteiger partial charge in [-0.25, -0.2) is 0 Å². The maximum absolute atomic E-state index is 11.9. The highest BCUT2D eigenvalue weighted by atomic mass is 16.3. The van der Waals surface area contributed by atoms with Crippen LogP contribution < -0.4 is 15.5 Å². The Morgan fingerprint density at radius 1 is 1.29 bits per heavy atom. The first-order chi connectivity index (χ1) is 11.5. The number of nitrogens with one attached hydrogen (secondary N) is 2. The van der Waals surface area contributed by atoms with Gasteiger partial charge in [0.2, 0.25) is 0 Å². The van der Waals surface area contributed by atoms with Crippen LogP contribution in [0, 0.1) is 0 Å². The number of likely N-dealkylation sites (N-methyl/N-ethyl adjacent to an activating group) is 1. The molecular weight excluding hydrogens is 306 g/mol. The molecule has 1 aromatic rings. The molecule has 1 saturated carbocycles. The monoisotopic (exact) mass is 331 g/mol. The van der Waals surface area contributed by atoms with Crippen molar-refractivity contribution in [3.63, 3.8) is 0 Å². The number of anilines is 1. The van der Waals surface area contributed by atoms with Gasteiger partial charge in [0.05, 0.1) is 6.10 Å². The van der Waals surface area contributed by atoms with Gasteiger partial charge in [0.25, 0.3) is 0 Å². The van der Waals surface area contributed by atoms with E-state index in [4.69, 9.17) is 0 Å². The quantitative estimate of drug-likeness (QED) is 0.716. The molecule has 1 heterocycles. The minimum absolute atomic E-state index is 0.0333. The molecule has 6 nitrogen and oxygen atoms in total. The van der Waals surface area contributed by atoms with Crippen LogP contribution >= 0.6 is 0 Å². The Balaban J connectivity index is 1.50. The van der Waals surface area contributed by atoms with Crippen molar-refractivity contribution in [1.82, 2.24) is 10.6 Å². The molecule has 130 valence electrons. The summed E-state index contributed by atoms with van der Waals surface area (Å²) in [6, 6.07) is 5.96. The van der Waals surface area contributed by atoms with Gasteiger partial charge in [0, 0.05) is 31.9 Å². The molecule has 0 saturated heterocycles. The van der Waals surface area contributed by atoms with Crippen LogP contribution in [0.25, 0.3) is 0 Å². The lowest BCUT2D eigenvalue weighted by molar-refractivity contribution is -0.139. The molecule has 0 radical (unpaired) electrons. The molecule has 0 spiro atoms. The highest BCUT2D eigenvalue weighted by Crippen LogP contribution is 2.29. The first-order valence-corrected chi connectivity index (χ1v) is 8.65. The highest BCUT2D eigenvalue weighted by Gasteiger charge is 2.22. The third-order valence-electron chi connectivity index (χ3n) is 4.97. The number of hydrogen-bond acceptors (Lipinski definition) is 4. The standard InChI is InChI=1S/C18H25N3O3/c1-21-9-8-12-10-13(6-7-15(12)21)16(22)11-19-17(23)18(24)20-14-4-2-3-5-14/h6-7,10,14,16,22H,2-5,8-9,11H2,1H3,(H,19,23)(H,20,24)/t16-/m0/s1. The van der Waals surface area contributed by atoms with E-state index in [-0.39, 0.29) is 12.6 Å². The van der Waals surface area contributed by atoms with E-state index in [0.29, 0.717) is 0 Å². The zero-order chi connectivity index (χ0) is 17.1. The van der Waals surface area contributed by atoms with Crippen LogP contribution in [0.2, 0.25) is 0 Å². The van der Waals surface area contributed by atoms with Crippen molar-refractivity contribution in [2.45, 2.75) is 44.2 Å². The smallest absolute Gasteiger partial charge is 0.309 e. The van der Waals surface area contributed by atoms with Crippen molar-refractivity contribution in [3.8, 4) is 0 Å². The van der Waals surface area contributed by atoms with Gasteiger partial charge < -0.3 is 20.6 Å². The van der Waals surface area contributed by atoms with E-state index in [1.54, 1.807) is 0 Å². The Morgan fingerprint density at radius 3 is 2.79 bits per heavy atom. The van der Waals surface area contributed by atoms with Crippen molar-refractivity contribution in [2.24, 2.45) is 0 Å². The number of aliphatic hydroxyl groups excluding tert-OH is 1. The van der Waals surface area contributed by atoms with E-state index in [2.05, 4.69) is 15.5 Å². The van der Waals surface area contributed by atoms with E-state index in [1.807, 2.05) is 25.2 Å². The third kappa shape index (κ3) is 3.70. The minimum Gasteiger partial charge on any atom is -0.387 e. The number of nitrogens with zero attached hydrogens (tertiary/aromatic N) is 1. The van der Waals surface area contributed by atoms with E-state index >= 15 is 0 Å². The molecule has 2 amide bonds. The number of aliphatic hydroxyl groups is 1. The molecule has 3 N–H and O–H groups in total. The van der Waals surface area contributed by atoms with E-state index in [9.17, 15) is 14.7 Å². The van der Waals surface area contributed by atoms with Gasteiger partial charge in [-0.2, -0.15) is 0 Å². The Kier molecular flexibility index (Phi) is 5.04. The van der Waals surface area contributed by atoms with E-state index in [0.717, 1.165) is 44.2 Å². The molecule has 1 fully saturated rings. The van der Waals surface area contributed by atoms with Crippen LogP contribution in [0.5, 0.6) is 0 Å². The van der Waals surface area contributed by atoms with Crippen LogP contribution in [0.15, 0.2) is 18.2 Å². The van der Waals surface area contributed by atoms with Crippen LogP contribution in [0.3, 0.4) is 0 Å². The Bertz CT molecular complexity index is 626. The number of rotatable bonds is 4. The number of amides is 2. The van der Waals surface area contributed by atoms with Crippen LogP contribution in [0.1, 0.15) is 42.9 Å². The summed E-state index contributed by atoms with van der Waals surface area (Å²) in [6.45, 7) is 1.01. The van der Waals surface area contributed by atoms with Crippen LogP contribution in [-0.4, -0.2) is 43.1 Å². The van der Waals surface area contributed by atoms with Crippen molar-refractivity contribution in [1.29, 1.82) is 0 Å². The van der Waals surface area contributed by atoms with Gasteiger partial charge in [-0.3, -0.25) is 9.59 Å². The fraction of sp³-hybridized carbons (Fsp3) is 0.556. The second-order valence-corrected chi connectivity index (χ2v) is 6.74. The molecule has 0 bridgehead atoms. The topological polar surface area (TPSA) is 81.7 Å². The summed E-state index contributed by atoms with van der Waals surface area (Å²) in [5.74, 6) is -1.29. The van der Waals surface area contributed by atoms with Crippen LogP contribution in [0.4, 0.5) is 5.69 Å². The summed E-state index contributed by atoms with van der Waals surface area (Å²) < 4.78 is 0. The molecular formula is C18H25N3O3. The summed E-state index contributed by atoms with van der Waals surface area (Å²) >= 11 is 0. The third-order valence-corrected chi connectivity index (χ3v) is 4.97. The summed E-state index contributed by atoms with van der Waals surface area (Å²) in [5.41, 5.74) is 3.16. The zero-order valence-corrected chi connectivity index (χ0v) is 14.0. The summed E-state index contributed by atoms with van der Waals surface area (Å²) in [5, 5.41) is 15.5. The fourth-order valence-electron chi connectivity index (χ4n) is 3.50. The lowest BCUT2D eigenvalue weighted by Crippen LogP contribution is -2.44. The van der Waals surface area contributed by atoms with E-state index < -0.39 is 17.9 Å². The SMILES string of the molecule is CN1CCc2cc([C@@H](O)CNC(=O)C(=O)NC3CCCC3)ccc21. The van der Waals surface area contributed by atoms with Gasteiger partial charge in [-0.05, 0) is 36.5 Å². The maximum Gasteiger partial charge on any atom is 0.309 e. The predicted molar refractivity (Wildman–Crippen MR) is 91.8 cm³/mol. The van der Waals surface area contributed by atoms with Gasteiger partial charge in [-0.1, -0.05) is 25.0 Å². The molecule has 1 aliphatic carbocycles. The second-order valence-electron chi connectivity index (χ2n) is 6.74. The Morgan fingerprint density at radius 2 is 2.04 bits per heavy atom. The molecule has 6 heteroatoms.